The predicted octanol–water partition coefficient (Wildman–Crippen LogP) is 2.01. The smallest absolute Gasteiger partial charge is 0.270 e. The second-order valence-electron chi connectivity index (χ2n) is 6.42. The van der Waals surface area contributed by atoms with Crippen LogP contribution in [0.5, 0.6) is 0 Å². The number of benzene rings is 1. The number of aromatic nitrogens is 2. The van der Waals surface area contributed by atoms with Gasteiger partial charge in [-0.15, -0.1) is 0 Å². The van der Waals surface area contributed by atoms with Crippen LogP contribution in [0.25, 0.3) is 0 Å². The second-order valence-corrected chi connectivity index (χ2v) is 6.42. The summed E-state index contributed by atoms with van der Waals surface area (Å²) in [5.41, 5.74) is 6.20. The summed E-state index contributed by atoms with van der Waals surface area (Å²) >= 11 is 0. The van der Waals surface area contributed by atoms with Gasteiger partial charge in [-0.2, -0.15) is 0 Å². The summed E-state index contributed by atoms with van der Waals surface area (Å²) in [5.74, 6) is 1.29. The van der Waals surface area contributed by atoms with Gasteiger partial charge in [-0.05, 0) is 24.8 Å². The third-order valence-corrected chi connectivity index (χ3v) is 4.77. The van der Waals surface area contributed by atoms with Crippen LogP contribution >= 0.6 is 0 Å². The van der Waals surface area contributed by atoms with Gasteiger partial charge >= 0.3 is 0 Å². The van der Waals surface area contributed by atoms with Crippen molar-refractivity contribution in [1.82, 2.24) is 14.5 Å². The molecule has 1 amide bonds. The number of nitro benzene ring substituents is 1. The molecule has 0 spiro atoms. The Hall–Kier alpha value is -2.90. The number of anilines is 1. The molecule has 0 bridgehead atoms. The van der Waals surface area contributed by atoms with Crippen LogP contribution in [-0.4, -0.2) is 38.4 Å². The summed E-state index contributed by atoms with van der Waals surface area (Å²) in [5, 5.41) is 10.9. The summed E-state index contributed by atoms with van der Waals surface area (Å²) in [6.07, 6.45) is 6.38. The minimum Gasteiger partial charge on any atom is -0.398 e. The molecule has 8 heteroatoms. The third-order valence-electron chi connectivity index (χ3n) is 4.77. The number of nitrogens with zero attached hydrogens (tertiary/aromatic N) is 4. The van der Waals surface area contributed by atoms with Gasteiger partial charge in [0.2, 0.25) is 0 Å². The number of likely N-dealkylation sites (tertiary alicyclic amines) is 1. The molecule has 1 fully saturated rings. The van der Waals surface area contributed by atoms with Crippen molar-refractivity contribution in [3.05, 3.63) is 52.1 Å². The number of nitrogens with two attached hydrogens (primary N) is 1. The number of hydrogen-bond donors (Lipinski definition) is 1. The maximum Gasteiger partial charge on any atom is 0.270 e. The number of carbonyl (C=O) groups is 1. The lowest BCUT2D eigenvalue weighted by molar-refractivity contribution is -0.384. The fraction of sp³-hybridized carbons (Fsp3) is 0.412. The van der Waals surface area contributed by atoms with Gasteiger partial charge in [-0.25, -0.2) is 4.98 Å². The lowest BCUT2D eigenvalue weighted by Crippen LogP contribution is -2.39. The molecular weight excluding hydrogens is 322 g/mol. The van der Waals surface area contributed by atoms with Gasteiger partial charge in [0, 0.05) is 56.8 Å². The molecule has 0 saturated carbocycles. The van der Waals surface area contributed by atoms with Crippen LogP contribution in [0.1, 0.15) is 29.0 Å². The Morgan fingerprint density at radius 3 is 2.72 bits per heavy atom. The van der Waals surface area contributed by atoms with E-state index in [0.29, 0.717) is 19.0 Å². The molecule has 1 aromatic heterocycles. The number of aryl methyl sites for hydroxylation is 1. The molecule has 25 heavy (non-hydrogen) atoms. The number of piperidine rings is 1. The van der Waals surface area contributed by atoms with Crippen LogP contribution < -0.4 is 5.73 Å². The molecule has 8 nitrogen and oxygen atoms in total. The molecule has 132 valence electrons. The van der Waals surface area contributed by atoms with E-state index in [9.17, 15) is 14.9 Å². The molecule has 1 saturated heterocycles. The normalized spacial score (nSPS) is 15.3. The number of nitrogen functional groups attached to an aromatic ring is 1. The van der Waals surface area contributed by atoms with E-state index in [-0.39, 0.29) is 22.8 Å². The van der Waals surface area contributed by atoms with Crippen molar-refractivity contribution in [2.45, 2.75) is 19.3 Å². The van der Waals surface area contributed by atoms with Gasteiger partial charge in [-0.1, -0.05) is 0 Å². The van der Waals surface area contributed by atoms with Crippen LogP contribution in [0, 0.1) is 16.0 Å². The lowest BCUT2D eigenvalue weighted by Gasteiger charge is -2.32. The van der Waals surface area contributed by atoms with Crippen molar-refractivity contribution in [2.75, 3.05) is 18.8 Å². The van der Waals surface area contributed by atoms with E-state index in [1.807, 2.05) is 17.8 Å². The van der Waals surface area contributed by atoms with Crippen molar-refractivity contribution >= 4 is 17.3 Å². The zero-order valence-corrected chi connectivity index (χ0v) is 14.1. The van der Waals surface area contributed by atoms with E-state index >= 15 is 0 Å². The molecule has 2 N–H and O–H groups in total. The van der Waals surface area contributed by atoms with Crippen LogP contribution in [0.15, 0.2) is 30.6 Å². The molecule has 2 aromatic rings. The minimum absolute atomic E-state index is 0.123. The van der Waals surface area contributed by atoms with Crippen LogP contribution in [-0.2, 0) is 13.5 Å². The van der Waals surface area contributed by atoms with E-state index < -0.39 is 4.92 Å². The standard InChI is InChI=1S/C17H21N5O3/c1-20-9-6-19-16(20)10-12-4-7-21(8-5-12)17(23)14-11-13(22(24)25)2-3-15(14)18/h2-3,6,9,11-12H,4-5,7-8,10,18H2,1H3. The number of amides is 1. The summed E-state index contributed by atoms with van der Waals surface area (Å²) in [7, 11) is 1.98. The van der Waals surface area contributed by atoms with E-state index in [4.69, 9.17) is 5.73 Å². The molecular formula is C17H21N5O3. The average molecular weight is 343 g/mol. The SMILES string of the molecule is Cn1ccnc1CC1CCN(C(=O)c2cc([N+](=O)[O-])ccc2N)CC1. The minimum atomic E-state index is -0.519. The summed E-state index contributed by atoms with van der Waals surface area (Å²) < 4.78 is 2.02. The van der Waals surface area contributed by atoms with Crippen molar-refractivity contribution in [3.63, 3.8) is 0 Å². The van der Waals surface area contributed by atoms with Gasteiger partial charge in [0.05, 0.1) is 10.5 Å². The van der Waals surface area contributed by atoms with Crippen molar-refractivity contribution < 1.29 is 9.72 Å². The number of nitro groups is 1. The molecule has 0 aliphatic carbocycles. The quantitative estimate of drug-likeness (QED) is 0.519. The fourth-order valence-electron chi connectivity index (χ4n) is 3.20. The first-order valence-electron chi connectivity index (χ1n) is 8.25. The monoisotopic (exact) mass is 343 g/mol. The van der Waals surface area contributed by atoms with Gasteiger partial charge in [0.25, 0.3) is 11.6 Å². The highest BCUT2D eigenvalue weighted by atomic mass is 16.6. The Morgan fingerprint density at radius 2 is 2.12 bits per heavy atom. The van der Waals surface area contributed by atoms with Crippen LogP contribution in [0.2, 0.25) is 0 Å². The molecule has 0 radical (unpaired) electrons. The van der Waals surface area contributed by atoms with Crippen molar-refractivity contribution in [3.8, 4) is 0 Å². The van der Waals surface area contributed by atoms with Gasteiger partial charge in [-0.3, -0.25) is 14.9 Å². The van der Waals surface area contributed by atoms with E-state index in [1.54, 1.807) is 11.1 Å². The van der Waals surface area contributed by atoms with E-state index in [1.165, 1.54) is 18.2 Å². The number of hydrogen-bond acceptors (Lipinski definition) is 5. The summed E-state index contributed by atoms with van der Waals surface area (Å²) in [6, 6.07) is 3.99. The molecule has 1 aliphatic heterocycles. The third kappa shape index (κ3) is 3.62. The number of non-ortho nitro benzene ring substituents is 1. The predicted molar refractivity (Wildman–Crippen MR) is 93.0 cm³/mol. The lowest BCUT2D eigenvalue weighted by atomic mass is 9.92. The van der Waals surface area contributed by atoms with Crippen LogP contribution in [0.3, 0.4) is 0 Å². The van der Waals surface area contributed by atoms with Gasteiger partial charge < -0.3 is 15.2 Å². The Bertz CT molecular complexity index is 793. The Kier molecular flexibility index (Phi) is 4.69. The number of rotatable bonds is 4. The van der Waals surface area contributed by atoms with Gasteiger partial charge in [0.15, 0.2) is 0 Å². The van der Waals surface area contributed by atoms with Crippen molar-refractivity contribution in [1.29, 1.82) is 0 Å². The second kappa shape index (κ2) is 6.92. The maximum absolute atomic E-state index is 12.7. The summed E-state index contributed by atoms with van der Waals surface area (Å²) in [4.78, 5) is 29.2. The highest BCUT2D eigenvalue weighted by Crippen LogP contribution is 2.25. The molecule has 0 atom stereocenters. The Labute approximate surface area is 145 Å². The molecule has 3 rings (SSSR count). The number of carbonyl (C=O) groups excluding carboxylic acids is 1. The Morgan fingerprint density at radius 1 is 1.40 bits per heavy atom. The highest BCUT2D eigenvalue weighted by Gasteiger charge is 2.26. The summed E-state index contributed by atoms with van der Waals surface area (Å²) in [6.45, 7) is 1.24. The molecule has 1 aliphatic rings. The van der Waals surface area contributed by atoms with Crippen LogP contribution in [0.4, 0.5) is 11.4 Å². The largest absolute Gasteiger partial charge is 0.398 e. The Balaban J connectivity index is 1.65. The molecule has 1 aromatic carbocycles. The zero-order chi connectivity index (χ0) is 18.0. The van der Waals surface area contributed by atoms with Crippen molar-refractivity contribution in [2.24, 2.45) is 13.0 Å². The maximum atomic E-state index is 12.7. The molecule has 2 heterocycles. The van der Waals surface area contributed by atoms with E-state index in [0.717, 1.165) is 25.1 Å². The average Bonchev–Trinajstić information content (AvgIpc) is 3.00. The topological polar surface area (TPSA) is 107 Å². The fourth-order valence-corrected chi connectivity index (χ4v) is 3.20. The number of imidazole rings is 1. The zero-order valence-electron chi connectivity index (χ0n) is 14.1. The molecule has 0 unspecified atom stereocenters. The first-order valence-corrected chi connectivity index (χ1v) is 8.25. The van der Waals surface area contributed by atoms with Gasteiger partial charge in [0.1, 0.15) is 5.82 Å². The van der Waals surface area contributed by atoms with E-state index in [2.05, 4.69) is 4.98 Å². The first kappa shape index (κ1) is 16.9. The first-order chi connectivity index (χ1) is 12.0. The highest BCUT2D eigenvalue weighted by molar-refractivity contribution is 5.99.